The Morgan fingerprint density at radius 1 is 1.50 bits per heavy atom. The van der Waals surface area contributed by atoms with E-state index >= 15 is 0 Å². The lowest BCUT2D eigenvalue weighted by atomic mass is 10.1. The molecule has 1 aliphatic heterocycles. The van der Waals surface area contributed by atoms with Gasteiger partial charge in [-0.05, 0) is 25.7 Å². The minimum Gasteiger partial charge on any atom is -0.376 e. The van der Waals surface area contributed by atoms with Crippen LogP contribution in [0, 0.1) is 0 Å². The minimum absolute atomic E-state index is 0.261. The van der Waals surface area contributed by atoms with Crippen LogP contribution in [0.2, 0.25) is 0 Å². The molecule has 0 radical (unpaired) electrons. The van der Waals surface area contributed by atoms with Gasteiger partial charge in [0, 0.05) is 24.7 Å². The summed E-state index contributed by atoms with van der Waals surface area (Å²) in [6.07, 6.45) is 4.88. The maximum Gasteiger partial charge on any atom is 0.135 e. The Morgan fingerprint density at radius 3 is 3.22 bits per heavy atom. The zero-order valence-electron chi connectivity index (χ0n) is 10.9. The third-order valence-corrected chi connectivity index (χ3v) is 3.63. The first-order valence-electron chi connectivity index (χ1n) is 6.64. The van der Waals surface area contributed by atoms with E-state index in [1.54, 1.807) is 0 Å². The monoisotopic (exact) mass is 271 g/mol. The average molecular weight is 271 g/mol. The highest BCUT2D eigenvalue weighted by Gasteiger charge is 2.14. The number of anilines is 1. The summed E-state index contributed by atoms with van der Waals surface area (Å²) in [7, 11) is 0. The van der Waals surface area contributed by atoms with Crippen molar-refractivity contribution < 1.29 is 9.47 Å². The normalized spacial score (nSPS) is 19.9. The van der Waals surface area contributed by atoms with E-state index in [4.69, 9.17) is 9.47 Å². The van der Waals surface area contributed by atoms with Crippen LogP contribution in [0.15, 0.2) is 0 Å². The second-order valence-electron chi connectivity index (χ2n) is 4.48. The second kappa shape index (κ2) is 7.66. The van der Waals surface area contributed by atoms with Crippen molar-refractivity contribution in [3.63, 3.8) is 0 Å². The molecule has 0 spiro atoms. The van der Waals surface area contributed by atoms with Crippen LogP contribution >= 0.6 is 11.5 Å². The Hall–Kier alpha value is -0.720. The fourth-order valence-corrected chi connectivity index (χ4v) is 2.49. The number of hydrogen-bond donors (Lipinski definition) is 1. The maximum atomic E-state index is 5.68. The van der Waals surface area contributed by atoms with Crippen LogP contribution in [0.1, 0.15) is 38.3 Å². The van der Waals surface area contributed by atoms with E-state index in [0.717, 1.165) is 36.7 Å². The Morgan fingerprint density at radius 2 is 2.44 bits per heavy atom. The number of aromatic nitrogens is 2. The van der Waals surface area contributed by atoms with Crippen molar-refractivity contribution in [2.75, 3.05) is 25.1 Å². The van der Waals surface area contributed by atoms with Gasteiger partial charge in [0.2, 0.25) is 0 Å². The fraction of sp³-hybridized carbons (Fsp3) is 0.833. The van der Waals surface area contributed by atoms with Crippen LogP contribution in [0.25, 0.3) is 0 Å². The van der Waals surface area contributed by atoms with E-state index in [0.29, 0.717) is 13.2 Å². The molecule has 2 rings (SSSR count). The topological polar surface area (TPSA) is 56.3 Å². The molecular formula is C12H21N3O2S. The van der Waals surface area contributed by atoms with Gasteiger partial charge in [0.05, 0.1) is 19.3 Å². The SMILES string of the molecule is CCCNc1snnc1COCC1CCCCO1. The van der Waals surface area contributed by atoms with Gasteiger partial charge in [-0.2, -0.15) is 0 Å². The summed E-state index contributed by atoms with van der Waals surface area (Å²) in [6.45, 7) is 5.13. The summed E-state index contributed by atoms with van der Waals surface area (Å²) in [5.74, 6) is 0. The summed E-state index contributed by atoms with van der Waals surface area (Å²) in [6, 6.07) is 0. The Balaban J connectivity index is 1.70. The molecule has 1 atom stereocenters. The average Bonchev–Trinajstić information content (AvgIpc) is 2.85. The molecule has 6 heteroatoms. The van der Waals surface area contributed by atoms with Gasteiger partial charge in [-0.25, -0.2) is 0 Å². The third-order valence-electron chi connectivity index (χ3n) is 2.91. The van der Waals surface area contributed by atoms with E-state index in [2.05, 4.69) is 21.8 Å². The zero-order chi connectivity index (χ0) is 12.6. The standard InChI is InChI=1S/C12H21N3O2S/c1-2-6-13-12-11(14-15-18-12)9-16-8-10-5-3-4-7-17-10/h10,13H,2-9H2,1H3. The lowest BCUT2D eigenvalue weighted by Crippen LogP contribution is -2.24. The molecule has 1 aromatic rings. The van der Waals surface area contributed by atoms with Gasteiger partial charge in [-0.15, -0.1) is 5.10 Å². The van der Waals surface area contributed by atoms with E-state index in [9.17, 15) is 0 Å². The third kappa shape index (κ3) is 4.19. The lowest BCUT2D eigenvalue weighted by molar-refractivity contribution is -0.0451. The van der Waals surface area contributed by atoms with Gasteiger partial charge in [0.1, 0.15) is 10.7 Å². The predicted molar refractivity (Wildman–Crippen MR) is 71.9 cm³/mol. The zero-order valence-corrected chi connectivity index (χ0v) is 11.7. The van der Waals surface area contributed by atoms with E-state index < -0.39 is 0 Å². The molecule has 18 heavy (non-hydrogen) atoms. The summed E-state index contributed by atoms with van der Waals surface area (Å²) < 4.78 is 15.3. The molecule has 0 saturated carbocycles. The maximum absolute atomic E-state index is 5.68. The van der Waals surface area contributed by atoms with E-state index in [1.807, 2.05) is 0 Å². The first kappa shape index (κ1) is 13.7. The number of ether oxygens (including phenoxy) is 2. The highest BCUT2D eigenvalue weighted by Crippen LogP contribution is 2.19. The molecule has 1 unspecified atom stereocenters. The van der Waals surface area contributed by atoms with Crippen LogP contribution in [0.3, 0.4) is 0 Å². The molecule has 0 aliphatic carbocycles. The smallest absolute Gasteiger partial charge is 0.135 e. The van der Waals surface area contributed by atoms with Gasteiger partial charge in [-0.3, -0.25) is 0 Å². The first-order chi connectivity index (χ1) is 8.90. The Labute approximate surface area is 112 Å². The fourth-order valence-electron chi connectivity index (χ4n) is 1.90. The molecule has 1 aliphatic rings. The molecule has 0 amide bonds. The Kier molecular flexibility index (Phi) is 5.83. The molecule has 2 heterocycles. The summed E-state index contributed by atoms with van der Waals surface area (Å²) in [5.41, 5.74) is 0.907. The summed E-state index contributed by atoms with van der Waals surface area (Å²) in [4.78, 5) is 0. The molecule has 1 aromatic heterocycles. The Bertz CT molecular complexity index is 340. The van der Waals surface area contributed by atoms with E-state index in [1.165, 1.54) is 24.4 Å². The van der Waals surface area contributed by atoms with Gasteiger partial charge < -0.3 is 14.8 Å². The van der Waals surface area contributed by atoms with Crippen molar-refractivity contribution in [3.8, 4) is 0 Å². The van der Waals surface area contributed by atoms with Crippen LogP contribution < -0.4 is 5.32 Å². The number of nitrogens with one attached hydrogen (secondary N) is 1. The number of nitrogens with zero attached hydrogens (tertiary/aromatic N) is 2. The molecule has 102 valence electrons. The van der Waals surface area contributed by atoms with Gasteiger partial charge >= 0.3 is 0 Å². The second-order valence-corrected chi connectivity index (χ2v) is 5.23. The molecule has 1 saturated heterocycles. The molecule has 0 bridgehead atoms. The molecule has 1 N–H and O–H groups in total. The lowest BCUT2D eigenvalue weighted by Gasteiger charge is -2.22. The van der Waals surface area contributed by atoms with Crippen molar-refractivity contribution in [3.05, 3.63) is 5.69 Å². The number of rotatable bonds is 7. The first-order valence-corrected chi connectivity index (χ1v) is 7.42. The van der Waals surface area contributed by atoms with Crippen molar-refractivity contribution in [2.24, 2.45) is 0 Å². The predicted octanol–water partition coefficient (Wildman–Crippen LogP) is 2.45. The molecular weight excluding hydrogens is 250 g/mol. The summed E-state index contributed by atoms with van der Waals surface area (Å²) in [5, 5.41) is 8.43. The van der Waals surface area contributed by atoms with Gasteiger partial charge in [0.15, 0.2) is 0 Å². The largest absolute Gasteiger partial charge is 0.376 e. The van der Waals surface area contributed by atoms with Crippen molar-refractivity contribution >= 4 is 16.5 Å². The minimum atomic E-state index is 0.261. The summed E-state index contributed by atoms with van der Waals surface area (Å²) >= 11 is 1.39. The van der Waals surface area contributed by atoms with E-state index in [-0.39, 0.29) is 6.10 Å². The van der Waals surface area contributed by atoms with Crippen LogP contribution in [0.5, 0.6) is 0 Å². The highest BCUT2D eigenvalue weighted by atomic mass is 32.1. The van der Waals surface area contributed by atoms with Crippen LogP contribution in [0.4, 0.5) is 5.00 Å². The molecule has 5 nitrogen and oxygen atoms in total. The van der Waals surface area contributed by atoms with Crippen molar-refractivity contribution in [2.45, 2.75) is 45.3 Å². The van der Waals surface area contributed by atoms with Gasteiger partial charge in [0.25, 0.3) is 0 Å². The quantitative estimate of drug-likeness (QED) is 0.825. The highest BCUT2D eigenvalue weighted by molar-refractivity contribution is 7.10. The number of hydrogen-bond acceptors (Lipinski definition) is 6. The molecule has 1 fully saturated rings. The van der Waals surface area contributed by atoms with Gasteiger partial charge in [-0.1, -0.05) is 11.4 Å². The van der Waals surface area contributed by atoms with Crippen molar-refractivity contribution in [1.82, 2.24) is 9.59 Å². The van der Waals surface area contributed by atoms with Crippen LogP contribution in [-0.4, -0.2) is 35.4 Å². The van der Waals surface area contributed by atoms with Crippen molar-refractivity contribution in [1.29, 1.82) is 0 Å². The van der Waals surface area contributed by atoms with Crippen LogP contribution in [-0.2, 0) is 16.1 Å². The molecule has 0 aromatic carbocycles.